The molecule has 164 valence electrons. The highest BCUT2D eigenvalue weighted by Crippen LogP contribution is 2.35. The van der Waals surface area contributed by atoms with Crippen LogP contribution >= 0.6 is 31.9 Å². The van der Waals surface area contributed by atoms with Crippen molar-refractivity contribution in [1.29, 1.82) is 0 Å². The quantitative estimate of drug-likeness (QED) is 0.309. The predicted molar refractivity (Wildman–Crippen MR) is 121 cm³/mol. The average molecular weight is 568 g/mol. The third kappa shape index (κ3) is 4.42. The number of fused-ring (bicyclic) bond motifs is 1. The van der Waals surface area contributed by atoms with E-state index in [4.69, 9.17) is 0 Å². The third-order valence-corrected chi connectivity index (χ3v) is 6.08. The molecule has 0 saturated heterocycles. The first-order valence-electron chi connectivity index (χ1n) is 9.43. The maximum atomic E-state index is 13.8. The van der Waals surface area contributed by atoms with Crippen LogP contribution in [0.4, 0.5) is 13.2 Å². The topological polar surface area (TPSA) is 59.3 Å². The van der Waals surface area contributed by atoms with E-state index in [0.29, 0.717) is 10.1 Å². The normalized spacial score (nSPS) is 12.7. The zero-order valence-corrected chi connectivity index (χ0v) is 19.7. The lowest BCUT2D eigenvalue weighted by Crippen LogP contribution is -2.27. The molecule has 0 fully saturated rings. The Labute approximate surface area is 197 Å². The Morgan fingerprint density at radius 3 is 2.34 bits per heavy atom. The molecule has 10 heteroatoms. The Bertz CT molecular complexity index is 1290. The molecule has 0 aliphatic heterocycles. The molecule has 0 spiro atoms. The molecular weight excluding hydrogens is 553 g/mol. The van der Waals surface area contributed by atoms with E-state index in [1.54, 1.807) is 31.2 Å². The minimum absolute atomic E-state index is 0.0831. The van der Waals surface area contributed by atoms with Gasteiger partial charge in [-0.2, -0.15) is 18.3 Å². The fourth-order valence-corrected chi connectivity index (χ4v) is 3.98. The largest absolute Gasteiger partial charge is 0.433 e. The number of amides is 1. The number of halogens is 5. The molecule has 0 aliphatic rings. The minimum atomic E-state index is -4.71. The number of hydrogen-bond donors (Lipinski definition) is 1. The van der Waals surface area contributed by atoms with Gasteiger partial charge in [-0.1, -0.05) is 58.4 Å². The molecule has 4 rings (SSSR count). The average Bonchev–Trinajstić information content (AvgIpc) is 3.10. The molecule has 5 nitrogen and oxygen atoms in total. The van der Waals surface area contributed by atoms with Crippen molar-refractivity contribution in [2.24, 2.45) is 0 Å². The summed E-state index contributed by atoms with van der Waals surface area (Å²) in [6.45, 7) is 1.78. The van der Waals surface area contributed by atoms with Gasteiger partial charge in [-0.25, -0.2) is 9.50 Å². The van der Waals surface area contributed by atoms with Gasteiger partial charge in [0.05, 0.1) is 16.2 Å². The Morgan fingerprint density at radius 1 is 1.06 bits per heavy atom. The molecule has 0 unspecified atom stereocenters. The van der Waals surface area contributed by atoms with Crippen LogP contribution in [0.3, 0.4) is 0 Å². The zero-order chi connectivity index (χ0) is 23.0. The van der Waals surface area contributed by atoms with Crippen LogP contribution in [0, 0.1) is 0 Å². The van der Waals surface area contributed by atoms with Gasteiger partial charge in [0.25, 0.3) is 5.91 Å². The maximum absolute atomic E-state index is 13.8. The molecule has 4 aromatic rings. The van der Waals surface area contributed by atoms with E-state index in [1.807, 2.05) is 30.3 Å². The first kappa shape index (κ1) is 22.5. The van der Waals surface area contributed by atoms with Gasteiger partial charge in [0.1, 0.15) is 0 Å². The molecule has 1 atom stereocenters. The van der Waals surface area contributed by atoms with E-state index in [1.165, 1.54) is 0 Å². The van der Waals surface area contributed by atoms with Crippen LogP contribution in [-0.4, -0.2) is 20.5 Å². The summed E-state index contributed by atoms with van der Waals surface area (Å²) in [5.41, 5.74) is 0.151. The molecule has 1 N–H and O–H groups in total. The second-order valence-electron chi connectivity index (χ2n) is 7.04. The summed E-state index contributed by atoms with van der Waals surface area (Å²) in [6.07, 6.45) is -4.71. The number of nitrogens with zero attached hydrogens (tertiary/aromatic N) is 3. The summed E-state index contributed by atoms with van der Waals surface area (Å²) in [5, 5.41) is 6.71. The van der Waals surface area contributed by atoms with Gasteiger partial charge in [-0.15, -0.1) is 0 Å². The van der Waals surface area contributed by atoms with Crippen molar-refractivity contribution in [1.82, 2.24) is 19.9 Å². The predicted octanol–water partition coefficient (Wildman–Crippen LogP) is 6.43. The number of alkyl halides is 3. The molecule has 2 aromatic heterocycles. The van der Waals surface area contributed by atoms with Crippen LogP contribution in [0.25, 0.3) is 16.9 Å². The minimum Gasteiger partial charge on any atom is -0.344 e. The van der Waals surface area contributed by atoms with Gasteiger partial charge < -0.3 is 5.32 Å². The van der Waals surface area contributed by atoms with E-state index in [2.05, 4.69) is 47.3 Å². The summed E-state index contributed by atoms with van der Waals surface area (Å²) in [4.78, 5) is 17.2. The summed E-state index contributed by atoms with van der Waals surface area (Å²) < 4.78 is 43.0. The van der Waals surface area contributed by atoms with Crippen molar-refractivity contribution >= 4 is 43.4 Å². The molecule has 2 aromatic carbocycles. The van der Waals surface area contributed by atoms with Crippen molar-refractivity contribution < 1.29 is 18.0 Å². The first-order valence-corrected chi connectivity index (χ1v) is 11.0. The monoisotopic (exact) mass is 566 g/mol. The lowest BCUT2D eigenvalue weighted by Gasteiger charge is -2.13. The van der Waals surface area contributed by atoms with E-state index >= 15 is 0 Å². The summed E-state index contributed by atoms with van der Waals surface area (Å²) in [5.74, 6) is -0.614. The molecule has 2 heterocycles. The van der Waals surface area contributed by atoms with Crippen molar-refractivity contribution in [3.8, 4) is 11.3 Å². The van der Waals surface area contributed by atoms with E-state index in [0.717, 1.165) is 16.1 Å². The first-order chi connectivity index (χ1) is 15.1. The van der Waals surface area contributed by atoms with Crippen LogP contribution in [0.2, 0.25) is 0 Å². The van der Waals surface area contributed by atoms with Gasteiger partial charge in [0.15, 0.2) is 17.0 Å². The van der Waals surface area contributed by atoms with Crippen molar-refractivity contribution in [3.05, 3.63) is 86.6 Å². The number of carbonyl (C=O) groups excluding carboxylic acids is 1. The third-order valence-electron chi connectivity index (χ3n) is 4.83. The van der Waals surface area contributed by atoms with Gasteiger partial charge in [0.2, 0.25) is 0 Å². The maximum Gasteiger partial charge on any atom is 0.433 e. The highest BCUT2D eigenvalue weighted by Gasteiger charge is 2.36. The van der Waals surface area contributed by atoms with E-state index < -0.39 is 17.8 Å². The van der Waals surface area contributed by atoms with Gasteiger partial charge >= 0.3 is 6.18 Å². The van der Waals surface area contributed by atoms with Crippen LogP contribution in [0.5, 0.6) is 0 Å². The second kappa shape index (κ2) is 8.67. The Kier molecular flexibility index (Phi) is 6.09. The van der Waals surface area contributed by atoms with Crippen LogP contribution in [-0.2, 0) is 6.18 Å². The van der Waals surface area contributed by atoms with Crippen LogP contribution in [0.1, 0.15) is 34.7 Å². The van der Waals surface area contributed by atoms with Gasteiger partial charge in [-0.3, -0.25) is 4.79 Å². The molecule has 0 saturated carbocycles. The molecular formula is C22H15Br2F3N4O. The SMILES string of the molecule is C[C@H](NC(=O)c1nn2c(C(F)(F)F)cc(-c3ccc(Br)cc3)nc2c1Br)c1ccccc1. The number of aromatic nitrogens is 3. The highest BCUT2D eigenvalue weighted by atomic mass is 79.9. The Hall–Kier alpha value is -2.72. The van der Waals surface area contributed by atoms with Crippen molar-refractivity contribution in [2.75, 3.05) is 0 Å². The molecule has 0 aliphatic carbocycles. The number of hydrogen-bond acceptors (Lipinski definition) is 3. The van der Waals surface area contributed by atoms with Crippen molar-refractivity contribution in [2.45, 2.75) is 19.1 Å². The summed E-state index contributed by atoms with van der Waals surface area (Å²) >= 11 is 6.54. The number of nitrogens with one attached hydrogen (secondary N) is 1. The fraction of sp³-hybridized carbons (Fsp3) is 0.136. The van der Waals surface area contributed by atoms with Crippen molar-refractivity contribution in [3.63, 3.8) is 0 Å². The number of benzene rings is 2. The van der Waals surface area contributed by atoms with Gasteiger partial charge in [0, 0.05) is 10.0 Å². The summed E-state index contributed by atoms with van der Waals surface area (Å²) in [7, 11) is 0. The highest BCUT2D eigenvalue weighted by molar-refractivity contribution is 9.11. The standard InChI is InChI=1S/C22H15Br2F3N4O/c1-12(13-5-3-2-4-6-13)28-21(32)19-18(24)20-29-16(14-7-9-15(23)10-8-14)11-17(22(25,26)27)31(20)30-19/h2-12H,1H3,(H,28,32)/t12-/m0/s1. The van der Waals surface area contributed by atoms with Crippen LogP contribution < -0.4 is 5.32 Å². The number of rotatable bonds is 4. The smallest absolute Gasteiger partial charge is 0.344 e. The lowest BCUT2D eigenvalue weighted by molar-refractivity contribution is -0.142. The summed E-state index contributed by atoms with van der Waals surface area (Å²) in [6, 6.07) is 16.5. The lowest BCUT2D eigenvalue weighted by atomic mass is 10.1. The number of carbonyl (C=O) groups is 1. The van der Waals surface area contributed by atoms with Crippen LogP contribution in [0.15, 0.2) is 69.6 Å². The van der Waals surface area contributed by atoms with Gasteiger partial charge in [-0.05, 0) is 46.6 Å². The van der Waals surface area contributed by atoms with E-state index in [-0.39, 0.29) is 27.5 Å². The molecule has 32 heavy (non-hydrogen) atoms. The molecule has 0 bridgehead atoms. The zero-order valence-electron chi connectivity index (χ0n) is 16.5. The Morgan fingerprint density at radius 2 is 1.72 bits per heavy atom. The Balaban J connectivity index is 1.79. The fourth-order valence-electron chi connectivity index (χ4n) is 3.20. The molecule has 0 radical (unpaired) electrons. The second-order valence-corrected chi connectivity index (χ2v) is 8.74. The molecule has 1 amide bonds. The van der Waals surface area contributed by atoms with E-state index in [9.17, 15) is 18.0 Å².